The third-order valence-corrected chi connectivity index (χ3v) is 3.00. The summed E-state index contributed by atoms with van der Waals surface area (Å²) in [6.45, 7) is 1.67. The fraction of sp³-hybridized carbons (Fsp3) is 0.133. The Morgan fingerprint density at radius 3 is 2.61 bits per heavy atom. The van der Waals surface area contributed by atoms with Gasteiger partial charge in [0.15, 0.2) is 0 Å². The van der Waals surface area contributed by atoms with Gasteiger partial charge in [-0.1, -0.05) is 6.07 Å². The van der Waals surface area contributed by atoms with Crippen molar-refractivity contribution < 1.29 is 17.6 Å². The summed E-state index contributed by atoms with van der Waals surface area (Å²) >= 11 is 0. The number of rotatable bonds is 3. The molecule has 118 valence electrons. The molecule has 0 aliphatic heterocycles. The second-order valence-corrected chi connectivity index (χ2v) is 4.76. The third kappa shape index (κ3) is 3.47. The van der Waals surface area contributed by atoms with Crippen molar-refractivity contribution in [1.29, 1.82) is 0 Å². The monoisotopic (exact) mass is 320 g/mol. The zero-order chi connectivity index (χ0) is 16.4. The summed E-state index contributed by atoms with van der Waals surface area (Å²) in [5.74, 6) is 1.11. The largest absolute Gasteiger partial charge is 0.421 e. The predicted molar refractivity (Wildman–Crippen MR) is 77.0 cm³/mol. The summed E-state index contributed by atoms with van der Waals surface area (Å²) in [6, 6.07) is 8.18. The van der Waals surface area contributed by atoms with Crippen LogP contribution in [0, 0.1) is 6.92 Å². The number of pyridine rings is 1. The van der Waals surface area contributed by atoms with Gasteiger partial charge in [0, 0.05) is 24.4 Å². The van der Waals surface area contributed by atoms with Crippen molar-refractivity contribution in [3.05, 3.63) is 54.0 Å². The molecule has 5 nitrogen and oxygen atoms in total. The lowest BCUT2D eigenvalue weighted by Gasteiger charge is -2.10. The maximum Gasteiger partial charge on any atom is 0.416 e. The van der Waals surface area contributed by atoms with Gasteiger partial charge in [-0.15, -0.1) is 10.2 Å². The van der Waals surface area contributed by atoms with Gasteiger partial charge in [-0.05, 0) is 30.3 Å². The van der Waals surface area contributed by atoms with Crippen LogP contribution >= 0.6 is 0 Å². The van der Waals surface area contributed by atoms with Crippen LogP contribution in [0.2, 0.25) is 0 Å². The second kappa shape index (κ2) is 5.71. The zero-order valence-corrected chi connectivity index (χ0v) is 11.9. The molecule has 1 N–H and O–H groups in total. The van der Waals surface area contributed by atoms with E-state index in [1.54, 1.807) is 19.1 Å². The van der Waals surface area contributed by atoms with Crippen LogP contribution in [0.4, 0.5) is 24.7 Å². The molecule has 0 aliphatic carbocycles. The maximum absolute atomic E-state index is 12.7. The number of aromatic nitrogens is 3. The molecule has 2 aromatic heterocycles. The van der Waals surface area contributed by atoms with E-state index < -0.39 is 11.7 Å². The van der Waals surface area contributed by atoms with Crippen molar-refractivity contribution in [3.63, 3.8) is 0 Å². The van der Waals surface area contributed by atoms with E-state index in [1.165, 1.54) is 18.3 Å². The number of hydrogen-bond donors (Lipinski definition) is 1. The van der Waals surface area contributed by atoms with E-state index in [1.807, 2.05) is 0 Å². The molecule has 0 radical (unpaired) electrons. The van der Waals surface area contributed by atoms with Crippen LogP contribution in [0.5, 0.6) is 0 Å². The Hall–Kier alpha value is -2.90. The number of benzene rings is 1. The van der Waals surface area contributed by atoms with E-state index in [9.17, 15) is 13.2 Å². The average molecular weight is 320 g/mol. The normalized spacial score (nSPS) is 11.5. The van der Waals surface area contributed by atoms with E-state index in [0.29, 0.717) is 23.2 Å². The van der Waals surface area contributed by atoms with Crippen molar-refractivity contribution in [2.24, 2.45) is 0 Å². The van der Waals surface area contributed by atoms with Crippen LogP contribution in [0.15, 0.2) is 47.0 Å². The second-order valence-electron chi connectivity index (χ2n) is 4.76. The van der Waals surface area contributed by atoms with Crippen LogP contribution in [-0.4, -0.2) is 15.2 Å². The predicted octanol–water partition coefficient (Wildman–Crippen LogP) is 4.20. The molecular weight excluding hydrogens is 309 g/mol. The molecule has 0 spiro atoms. The number of aryl methyl sites for hydroxylation is 1. The van der Waals surface area contributed by atoms with Gasteiger partial charge in [0.05, 0.1) is 5.56 Å². The Labute approximate surface area is 129 Å². The first-order valence-electron chi connectivity index (χ1n) is 6.62. The van der Waals surface area contributed by atoms with Crippen LogP contribution in [0.3, 0.4) is 0 Å². The molecule has 8 heteroatoms. The molecule has 0 aliphatic rings. The van der Waals surface area contributed by atoms with Crippen LogP contribution in [0.1, 0.15) is 11.5 Å². The maximum atomic E-state index is 12.7. The number of halogens is 3. The van der Waals surface area contributed by atoms with E-state index in [4.69, 9.17) is 4.42 Å². The standard InChI is InChI=1S/C15H11F3N4O/c1-9-21-22-14(23-9)10-5-6-19-13(7-10)20-12-4-2-3-11(8-12)15(16,17)18/h2-8H,1H3,(H,19,20). The van der Waals surface area contributed by atoms with Crippen LogP contribution in [-0.2, 0) is 6.18 Å². The highest BCUT2D eigenvalue weighted by molar-refractivity contribution is 5.63. The molecule has 2 heterocycles. The Kier molecular flexibility index (Phi) is 3.73. The van der Waals surface area contributed by atoms with Gasteiger partial charge in [0.25, 0.3) is 0 Å². The topological polar surface area (TPSA) is 63.8 Å². The molecule has 0 fully saturated rings. The fourth-order valence-electron chi connectivity index (χ4n) is 1.97. The molecule has 0 bridgehead atoms. The van der Waals surface area contributed by atoms with Gasteiger partial charge in [-0.25, -0.2) is 4.98 Å². The van der Waals surface area contributed by atoms with Gasteiger partial charge in [-0.2, -0.15) is 13.2 Å². The average Bonchev–Trinajstić information content (AvgIpc) is 2.94. The van der Waals surface area contributed by atoms with Gasteiger partial charge < -0.3 is 9.73 Å². The minimum absolute atomic E-state index is 0.284. The summed E-state index contributed by atoms with van der Waals surface area (Å²) in [6.07, 6.45) is -2.89. The number of alkyl halides is 3. The Morgan fingerprint density at radius 1 is 1.09 bits per heavy atom. The molecule has 3 rings (SSSR count). The molecular formula is C15H11F3N4O. The first-order chi connectivity index (χ1) is 10.9. The summed E-state index contributed by atoms with van der Waals surface area (Å²) in [5.41, 5.74) is 0.174. The summed E-state index contributed by atoms with van der Waals surface area (Å²) < 4.78 is 43.5. The molecule has 3 aromatic rings. The quantitative estimate of drug-likeness (QED) is 0.783. The van der Waals surface area contributed by atoms with Crippen molar-refractivity contribution >= 4 is 11.5 Å². The van der Waals surface area contributed by atoms with Crippen molar-refractivity contribution in [2.45, 2.75) is 13.1 Å². The van der Waals surface area contributed by atoms with Crippen LogP contribution in [0.25, 0.3) is 11.5 Å². The van der Waals surface area contributed by atoms with Crippen LogP contribution < -0.4 is 5.32 Å². The number of nitrogens with one attached hydrogen (secondary N) is 1. The first-order valence-corrected chi connectivity index (χ1v) is 6.62. The lowest BCUT2D eigenvalue weighted by Crippen LogP contribution is -2.05. The lowest BCUT2D eigenvalue weighted by molar-refractivity contribution is -0.137. The number of nitrogens with zero attached hydrogens (tertiary/aromatic N) is 3. The lowest BCUT2D eigenvalue weighted by atomic mass is 10.2. The third-order valence-electron chi connectivity index (χ3n) is 3.00. The Balaban J connectivity index is 1.86. The number of anilines is 2. The highest BCUT2D eigenvalue weighted by Gasteiger charge is 2.30. The van der Waals surface area contributed by atoms with E-state index in [-0.39, 0.29) is 5.69 Å². The van der Waals surface area contributed by atoms with Crippen molar-refractivity contribution in [1.82, 2.24) is 15.2 Å². The highest BCUT2D eigenvalue weighted by Crippen LogP contribution is 2.31. The molecule has 0 saturated carbocycles. The SMILES string of the molecule is Cc1nnc(-c2ccnc(Nc3cccc(C(F)(F)F)c3)c2)o1. The summed E-state index contributed by atoms with van der Waals surface area (Å²) in [5, 5.41) is 10.5. The van der Waals surface area contributed by atoms with Crippen molar-refractivity contribution in [2.75, 3.05) is 5.32 Å². The molecule has 0 amide bonds. The fourth-order valence-corrected chi connectivity index (χ4v) is 1.97. The summed E-state index contributed by atoms with van der Waals surface area (Å²) in [4.78, 5) is 4.08. The molecule has 23 heavy (non-hydrogen) atoms. The molecule has 1 aromatic carbocycles. The van der Waals surface area contributed by atoms with Gasteiger partial charge >= 0.3 is 6.18 Å². The first kappa shape index (κ1) is 15.0. The highest BCUT2D eigenvalue weighted by atomic mass is 19.4. The summed E-state index contributed by atoms with van der Waals surface area (Å²) in [7, 11) is 0. The minimum atomic E-state index is -4.39. The Morgan fingerprint density at radius 2 is 1.91 bits per heavy atom. The van der Waals surface area contributed by atoms with E-state index in [2.05, 4.69) is 20.5 Å². The van der Waals surface area contributed by atoms with E-state index >= 15 is 0 Å². The van der Waals surface area contributed by atoms with E-state index in [0.717, 1.165) is 12.1 Å². The zero-order valence-electron chi connectivity index (χ0n) is 11.9. The smallest absolute Gasteiger partial charge is 0.416 e. The van der Waals surface area contributed by atoms with Gasteiger partial charge in [0.1, 0.15) is 5.82 Å². The van der Waals surface area contributed by atoms with Crippen molar-refractivity contribution in [3.8, 4) is 11.5 Å². The molecule has 0 saturated heterocycles. The van der Waals surface area contributed by atoms with Gasteiger partial charge in [0.2, 0.25) is 11.8 Å². The minimum Gasteiger partial charge on any atom is -0.421 e. The molecule has 0 atom stereocenters. The Bertz CT molecular complexity index is 829. The number of hydrogen-bond acceptors (Lipinski definition) is 5. The molecule has 0 unspecified atom stereocenters. The van der Waals surface area contributed by atoms with Gasteiger partial charge in [-0.3, -0.25) is 0 Å².